The molecular weight excluding hydrogens is 512 g/mol. The van der Waals surface area contributed by atoms with Crippen molar-refractivity contribution in [1.82, 2.24) is 10.2 Å². The third-order valence-corrected chi connectivity index (χ3v) is 6.32. The topological polar surface area (TPSA) is 106 Å². The lowest BCUT2D eigenvalue weighted by Crippen LogP contribution is -2.13. The summed E-state index contributed by atoms with van der Waals surface area (Å²) in [7, 11) is 1.49. The van der Waals surface area contributed by atoms with Crippen LogP contribution >= 0.6 is 22.9 Å². The zero-order chi connectivity index (χ0) is 26.9. The Hall–Kier alpha value is -3.61. The van der Waals surface area contributed by atoms with E-state index in [1.165, 1.54) is 24.5 Å². The summed E-state index contributed by atoms with van der Waals surface area (Å²) >= 11 is 7.75. The largest absolute Gasteiger partial charge is 0.493 e. The smallest absolute Gasteiger partial charge is 0.268 e. The maximum atomic E-state index is 12.7. The number of aromatic nitrogens is 2. The second-order valence-electron chi connectivity index (χ2n) is 8.67. The van der Waals surface area contributed by atoms with Crippen LogP contribution in [0.5, 0.6) is 17.2 Å². The molecule has 0 unspecified atom stereocenters. The predicted molar refractivity (Wildman–Crippen MR) is 146 cm³/mol. The fourth-order valence-electron chi connectivity index (χ4n) is 3.49. The molecule has 0 saturated heterocycles. The van der Waals surface area contributed by atoms with Gasteiger partial charge in [-0.25, -0.2) is 0 Å². The lowest BCUT2D eigenvalue weighted by molar-refractivity contribution is -0.112. The number of aryl methyl sites for hydroxylation is 2. The molecule has 2 aromatic carbocycles. The zero-order valence-electron chi connectivity index (χ0n) is 21.4. The fraction of sp³-hybridized carbons (Fsp3) is 0.333. The summed E-state index contributed by atoms with van der Waals surface area (Å²) in [6, 6.07) is 11.1. The molecule has 194 valence electrons. The standard InChI is InChI=1S/C27H29ClN4O4S/c1-16(2)11-23-31-32-27(37-23)30-26(33)20(15-29)12-19-13-21(28)25(22(14-19)34-5)36-10-9-35-24-17(3)7-6-8-18(24)4/h6-8,12-14,16H,9-11H2,1-5H3,(H,30,32,33)/b20-12-. The van der Waals surface area contributed by atoms with Crippen LogP contribution in [0.1, 0.15) is 35.5 Å². The van der Waals surface area contributed by atoms with E-state index in [1.54, 1.807) is 12.1 Å². The lowest BCUT2D eigenvalue weighted by Gasteiger charge is -2.15. The molecule has 0 bridgehead atoms. The Morgan fingerprint density at radius 1 is 1.16 bits per heavy atom. The quantitative estimate of drug-likeness (QED) is 0.180. The fourth-order valence-corrected chi connectivity index (χ4v) is 4.71. The van der Waals surface area contributed by atoms with Crippen molar-refractivity contribution in [2.75, 3.05) is 25.6 Å². The molecule has 0 saturated carbocycles. The van der Waals surface area contributed by atoms with Gasteiger partial charge in [-0.3, -0.25) is 10.1 Å². The summed E-state index contributed by atoms with van der Waals surface area (Å²) in [6.45, 7) is 8.69. The van der Waals surface area contributed by atoms with Crippen LogP contribution in [0.15, 0.2) is 35.9 Å². The number of carbonyl (C=O) groups is 1. The van der Waals surface area contributed by atoms with Crippen LogP contribution in [-0.4, -0.2) is 36.4 Å². The van der Waals surface area contributed by atoms with Gasteiger partial charge in [0.25, 0.3) is 5.91 Å². The molecule has 0 aliphatic heterocycles. The van der Waals surface area contributed by atoms with E-state index in [4.69, 9.17) is 25.8 Å². The first-order valence-electron chi connectivity index (χ1n) is 11.7. The van der Waals surface area contributed by atoms with Crippen molar-refractivity contribution in [2.45, 2.75) is 34.1 Å². The molecule has 0 fully saturated rings. The second kappa shape index (κ2) is 13.1. The number of amides is 1. The number of halogens is 1. The van der Waals surface area contributed by atoms with E-state index in [9.17, 15) is 10.1 Å². The van der Waals surface area contributed by atoms with Gasteiger partial charge in [0.15, 0.2) is 11.5 Å². The molecule has 0 radical (unpaired) electrons. The van der Waals surface area contributed by atoms with E-state index in [1.807, 2.05) is 38.1 Å². The van der Waals surface area contributed by atoms with Crippen LogP contribution in [0, 0.1) is 31.1 Å². The number of para-hydroxylation sites is 1. The predicted octanol–water partition coefficient (Wildman–Crippen LogP) is 6.02. The molecule has 0 aliphatic carbocycles. The number of methoxy groups -OCH3 is 1. The van der Waals surface area contributed by atoms with Crippen LogP contribution in [0.25, 0.3) is 6.08 Å². The van der Waals surface area contributed by atoms with Crippen molar-refractivity contribution in [3.8, 4) is 23.3 Å². The van der Waals surface area contributed by atoms with Gasteiger partial charge in [0.2, 0.25) is 5.13 Å². The Bertz CT molecular complexity index is 1310. The number of nitrogens with one attached hydrogen (secondary N) is 1. The normalized spacial score (nSPS) is 11.2. The van der Waals surface area contributed by atoms with Gasteiger partial charge in [0.1, 0.15) is 35.6 Å². The number of nitriles is 1. The summed E-state index contributed by atoms with van der Waals surface area (Å²) in [6.07, 6.45) is 2.19. The molecule has 0 aliphatic rings. The van der Waals surface area contributed by atoms with Gasteiger partial charge in [-0.15, -0.1) is 10.2 Å². The van der Waals surface area contributed by atoms with E-state index < -0.39 is 5.91 Å². The highest BCUT2D eigenvalue weighted by Gasteiger charge is 2.16. The van der Waals surface area contributed by atoms with Crippen LogP contribution in [0.2, 0.25) is 5.02 Å². The number of anilines is 1. The summed E-state index contributed by atoms with van der Waals surface area (Å²) in [5.41, 5.74) is 2.48. The minimum Gasteiger partial charge on any atom is -0.493 e. The van der Waals surface area contributed by atoms with Gasteiger partial charge in [-0.2, -0.15) is 5.26 Å². The van der Waals surface area contributed by atoms with E-state index in [0.717, 1.165) is 28.3 Å². The Morgan fingerprint density at radius 2 is 1.84 bits per heavy atom. The molecule has 1 aromatic heterocycles. The molecule has 1 heterocycles. The number of ether oxygens (including phenoxy) is 3. The molecule has 0 spiro atoms. The van der Waals surface area contributed by atoms with E-state index in [2.05, 4.69) is 29.4 Å². The monoisotopic (exact) mass is 540 g/mol. The molecule has 8 nitrogen and oxygen atoms in total. The molecule has 37 heavy (non-hydrogen) atoms. The number of hydrogen-bond donors (Lipinski definition) is 1. The maximum Gasteiger partial charge on any atom is 0.268 e. The maximum absolute atomic E-state index is 12.7. The molecule has 10 heteroatoms. The number of carbonyl (C=O) groups excluding carboxylic acids is 1. The van der Waals surface area contributed by atoms with Crippen LogP contribution < -0.4 is 19.5 Å². The Labute approximate surface area is 225 Å². The number of nitrogens with zero attached hydrogens (tertiary/aromatic N) is 3. The number of hydrogen-bond acceptors (Lipinski definition) is 8. The summed E-state index contributed by atoms with van der Waals surface area (Å²) < 4.78 is 17.2. The molecule has 1 amide bonds. The lowest BCUT2D eigenvalue weighted by atomic mass is 10.1. The Morgan fingerprint density at radius 3 is 2.46 bits per heavy atom. The number of rotatable bonds is 11. The third-order valence-electron chi connectivity index (χ3n) is 5.18. The van der Waals surface area contributed by atoms with Gasteiger partial charge in [-0.1, -0.05) is 55.0 Å². The third kappa shape index (κ3) is 7.68. The van der Waals surface area contributed by atoms with Crippen molar-refractivity contribution in [1.29, 1.82) is 5.26 Å². The Balaban J connectivity index is 1.68. The first kappa shape index (κ1) is 28.0. The van der Waals surface area contributed by atoms with Crippen molar-refractivity contribution >= 4 is 40.1 Å². The second-order valence-corrected chi connectivity index (χ2v) is 10.1. The van der Waals surface area contributed by atoms with Crippen molar-refractivity contribution < 1.29 is 19.0 Å². The van der Waals surface area contributed by atoms with Gasteiger partial charge in [0.05, 0.1) is 12.1 Å². The zero-order valence-corrected chi connectivity index (χ0v) is 23.0. The highest BCUT2D eigenvalue weighted by molar-refractivity contribution is 7.15. The van der Waals surface area contributed by atoms with Gasteiger partial charge < -0.3 is 14.2 Å². The molecule has 3 aromatic rings. The van der Waals surface area contributed by atoms with Gasteiger partial charge in [-0.05, 0) is 54.7 Å². The van der Waals surface area contributed by atoms with Crippen molar-refractivity contribution in [3.05, 3.63) is 62.6 Å². The number of benzene rings is 2. The molecule has 1 N–H and O–H groups in total. The van der Waals surface area contributed by atoms with Crippen LogP contribution in [0.4, 0.5) is 5.13 Å². The van der Waals surface area contributed by atoms with E-state index in [0.29, 0.717) is 34.7 Å². The van der Waals surface area contributed by atoms with Gasteiger partial charge in [0, 0.05) is 6.42 Å². The Kier molecular flexibility index (Phi) is 9.89. The summed E-state index contributed by atoms with van der Waals surface area (Å²) in [5, 5.41) is 21.7. The van der Waals surface area contributed by atoms with Crippen molar-refractivity contribution in [3.63, 3.8) is 0 Å². The average Bonchev–Trinajstić information content (AvgIpc) is 3.28. The molecule has 0 atom stereocenters. The highest BCUT2D eigenvalue weighted by Crippen LogP contribution is 2.37. The first-order chi connectivity index (χ1) is 17.7. The average molecular weight is 541 g/mol. The van der Waals surface area contributed by atoms with Crippen LogP contribution in [-0.2, 0) is 11.2 Å². The SMILES string of the molecule is COc1cc(/C=C(/C#N)C(=O)Nc2nnc(CC(C)C)s2)cc(Cl)c1OCCOc1c(C)cccc1C. The summed E-state index contributed by atoms with van der Waals surface area (Å²) in [5.74, 6) is 1.37. The van der Waals surface area contributed by atoms with Crippen LogP contribution in [0.3, 0.4) is 0 Å². The van der Waals surface area contributed by atoms with E-state index >= 15 is 0 Å². The molecular formula is C27H29ClN4O4S. The first-order valence-corrected chi connectivity index (χ1v) is 12.9. The minimum atomic E-state index is -0.589. The van der Waals surface area contributed by atoms with Gasteiger partial charge >= 0.3 is 0 Å². The van der Waals surface area contributed by atoms with Crippen molar-refractivity contribution in [2.24, 2.45) is 5.92 Å². The summed E-state index contributed by atoms with van der Waals surface area (Å²) in [4.78, 5) is 12.7. The molecule has 3 rings (SSSR count). The minimum absolute atomic E-state index is 0.116. The highest BCUT2D eigenvalue weighted by atomic mass is 35.5. The van der Waals surface area contributed by atoms with E-state index in [-0.39, 0.29) is 17.2 Å².